The average molecular weight is 206 g/mol. The largest absolute Gasteiger partial charge is 0.361 e. The van der Waals surface area contributed by atoms with Gasteiger partial charge in [0.15, 0.2) is 6.10 Å². The predicted octanol–water partition coefficient (Wildman–Crippen LogP) is -1.23. The second-order valence-corrected chi connectivity index (χ2v) is 4.37. The summed E-state index contributed by atoms with van der Waals surface area (Å²) in [4.78, 5) is 0. The van der Waals surface area contributed by atoms with E-state index < -0.39 is 0 Å². The molecule has 0 spiro atoms. The van der Waals surface area contributed by atoms with Crippen molar-refractivity contribution in [1.29, 1.82) is 0 Å². The van der Waals surface area contributed by atoms with Gasteiger partial charge in [0, 0.05) is 0 Å². The third kappa shape index (κ3) is 1.67. The van der Waals surface area contributed by atoms with E-state index in [1.165, 1.54) is 24.2 Å². The number of hydrogen-bond acceptors (Lipinski definition) is 1. The Morgan fingerprint density at radius 1 is 1.13 bits per heavy atom. The van der Waals surface area contributed by atoms with Gasteiger partial charge in [0.25, 0.3) is 0 Å². The topological polar surface area (TPSA) is 42.5 Å². The lowest BCUT2D eigenvalue weighted by molar-refractivity contribution is -0.845. The summed E-state index contributed by atoms with van der Waals surface area (Å²) in [6.45, 7) is 3.30. The summed E-state index contributed by atoms with van der Waals surface area (Å²) in [5.41, 5.74) is 2.88. The Kier molecular flexibility index (Phi) is 2.44. The van der Waals surface area contributed by atoms with E-state index in [4.69, 9.17) is 4.74 Å². The van der Waals surface area contributed by atoms with E-state index in [2.05, 4.69) is 34.9 Å². The van der Waals surface area contributed by atoms with Gasteiger partial charge in [-0.3, -0.25) is 10.6 Å². The lowest BCUT2D eigenvalue weighted by Crippen LogP contribution is -3.04. The molecule has 80 valence electrons. The van der Waals surface area contributed by atoms with Crippen LogP contribution in [0.2, 0.25) is 0 Å². The molecular formula is C12H18N2O+2. The molecule has 1 saturated heterocycles. The average Bonchev–Trinajstić information content (AvgIpc) is 2.82. The molecule has 1 atom stereocenters. The van der Waals surface area contributed by atoms with Crippen LogP contribution in [0.15, 0.2) is 24.3 Å². The highest BCUT2D eigenvalue weighted by Gasteiger charge is 2.36. The van der Waals surface area contributed by atoms with Gasteiger partial charge in [0.05, 0.1) is 6.61 Å². The molecule has 2 aliphatic heterocycles. The molecule has 3 nitrogen and oxygen atoms in total. The normalized spacial score (nSPS) is 26.5. The van der Waals surface area contributed by atoms with Crippen molar-refractivity contribution >= 4 is 0 Å². The lowest BCUT2D eigenvalue weighted by Gasteiger charge is -2.26. The van der Waals surface area contributed by atoms with E-state index >= 15 is 0 Å². The number of benzene rings is 1. The molecular weight excluding hydrogens is 188 g/mol. The van der Waals surface area contributed by atoms with Gasteiger partial charge in [-0.25, -0.2) is 0 Å². The minimum Gasteiger partial charge on any atom is -0.361 e. The van der Waals surface area contributed by atoms with Crippen LogP contribution in [0.4, 0.5) is 0 Å². The van der Waals surface area contributed by atoms with Crippen molar-refractivity contribution < 1.29 is 15.4 Å². The molecule has 1 aromatic carbocycles. The van der Waals surface area contributed by atoms with Crippen molar-refractivity contribution in [1.82, 2.24) is 0 Å². The van der Waals surface area contributed by atoms with E-state index in [-0.39, 0.29) is 6.10 Å². The van der Waals surface area contributed by atoms with Gasteiger partial charge in [-0.1, -0.05) is 24.3 Å². The zero-order valence-electron chi connectivity index (χ0n) is 8.86. The Morgan fingerprint density at radius 3 is 2.80 bits per heavy atom. The number of fused-ring (bicyclic) bond motifs is 1. The molecule has 0 aliphatic carbocycles. The number of hydrogen-bond donors (Lipinski definition) is 2. The standard InChI is InChI=1S/C12H16N2O/c1-2-4-10-9(3-1)5-8-15-11(10)12-13-6-7-14-12/h1-4,11-14H,5-8H2/p+2/t11-/m1/s1. The Labute approximate surface area is 89.8 Å². The van der Waals surface area contributed by atoms with Crippen LogP contribution in [0.1, 0.15) is 17.2 Å². The van der Waals surface area contributed by atoms with Gasteiger partial charge in [-0.05, 0) is 17.5 Å². The molecule has 0 amide bonds. The first-order valence-electron chi connectivity index (χ1n) is 5.81. The minimum atomic E-state index is 0.289. The Bertz CT molecular complexity index is 347. The van der Waals surface area contributed by atoms with Crippen LogP contribution in [0, 0.1) is 0 Å². The summed E-state index contributed by atoms with van der Waals surface area (Å²) in [7, 11) is 0. The third-order valence-electron chi connectivity index (χ3n) is 3.42. The lowest BCUT2D eigenvalue weighted by atomic mass is 9.96. The van der Waals surface area contributed by atoms with Gasteiger partial charge in [0.1, 0.15) is 13.1 Å². The van der Waals surface area contributed by atoms with E-state index in [0.29, 0.717) is 6.17 Å². The van der Waals surface area contributed by atoms with Crippen LogP contribution in [-0.4, -0.2) is 25.9 Å². The fourth-order valence-corrected chi connectivity index (χ4v) is 2.66. The maximum atomic E-state index is 5.93. The van der Waals surface area contributed by atoms with Gasteiger partial charge in [-0.2, -0.15) is 0 Å². The number of quaternary nitrogens is 2. The molecule has 0 bridgehead atoms. The summed E-state index contributed by atoms with van der Waals surface area (Å²) in [5.74, 6) is 0. The Morgan fingerprint density at radius 2 is 1.93 bits per heavy atom. The van der Waals surface area contributed by atoms with Crippen LogP contribution in [0.25, 0.3) is 0 Å². The van der Waals surface area contributed by atoms with Crippen LogP contribution >= 0.6 is 0 Å². The van der Waals surface area contributed by atoms with E-state index in [1.54, 1.807) is 0 Å². The summed E-state index contributed by atoms with van der Waals surface area (Å²) >= 11 is 0. The number of rotatable bonds is 1. The van der Waals surface area contributed by atoms with Crippen molar-refractivity contribution in [3.05, 3.63) is 35.4 Å². The summed E-state index contributed by atoms with van der Waals surface area (Å²) in [5, 5.41) is 4.79. The van der Waals surface area contributed by atoms with Gasteiger partial charge in [-0.15, -0.1) is 0 Å². The molecule has 15 heavy (non-hydrogen) atoms. The van der Waals surface area contributed by atoms with Crippen LogP contribution in [0.5, 0.6) is 0 Å². The smallest absolute Gasteiger partial charge is 0.241 e. The van der Waals surface area contributed by atoms with Crippen LogP contribution < -0.4 is 10.6 Å². The molecule has 3 heteroatoms. The molecule has 3 rings (SSSR count). The van der Waals surface area contributed by atoms with Crippen molar-refractivity contribution in [2.24, 2.45) is 0 Å². The number of ether oxygens (including phenoxy) is 1. The minimum absolute atomic E-state index is 0.289. The second kappa shape index (κ2) is 3.93. The predicted molar refractivity (Wildman–Crippen MR) is 56.2 cm³/mol. The van der Waals surface area contributed by atoms with Crippen LogP contribution in [0.3, 0.4) is 0 Å². The molecule has 4 N–H and O–H groups in total. The summed E-state index contributed by atoms with van der Waals surface area (Å²) in [6.07, 6.45) is 1.89. The summed E-state index contributed by atoms with van der Waals surface area (Å²) in [6, 6.07) is 8.71. The Balaban J connectivity index is 1.91. The highest BCUT2D eigenvalue weighted by Crippen LogP contribution is 2.26. The van der Waals surface area contributed by atoms with E-state index in [1.807, 2.05) is 0 Å². The number of nitrogens with two attached hydrogens (primary N) is 2. The molecule has 2 aliphatic rings. The molecule has 0 saturated carbocycles. The highest BCUT2D eigenvalue weighted by atomic mass is 16.5. The van der Waals surface area contributed by atoms with Crippen molar-refractivity contribution in [3.63, 3.8) is 0 Å². The Hall–Kier alpha value is -0.900. The molecule has 0 radical (unpaired) electrons. The maximum absolute atomic E-state index is 5.93. The fraction of sp³-hybridized carbons (Fsp3) is 0.500. The molecule has 2 heterocycles. The zero-order valence-corrected chi connectivity index (χ0v) is 8.86. The van der Waals surface area contributed by atoms with Crippen molar-refractivity contribution in [2.75, 3.05) is 19.7 Å². The van der Waals surface area contributed by atoms with Crippen LogP contribution in [-0.2, 0) is 11.2 Å². The zero-order chi connectivity index (χ0) is 10.1. The first-order chi connectivity index (χ1) is 7.45. The van der Waals surface area contributed by atoms with E-state index in [9.17, 15) is 0 Å². The SMILES string of the molecule is c1ccc2c(c1)CCO[C@H]2C1[NH2+]CC[NH2+]1. The van der Waals surface area contributed by atoms with Gasteiger partial charge < -0.3 is 4.74 Å². The molecule has 1 aromatic rings. The third-order valence-corrected chi connectivity index (χ3v) is 3.42. The van der Waals surface area contributed by atoms with E-state index in [0.717, 1.165) is 13.0 Å². The fourth-order valence-electron chi connectivity index (χ4n) is 2.66. The molecule has 0 aromatic heterocycles. The van der Waals surface area contributed by atoms with Gasteiger partial charge in [0.2, 0.25) is 6.17 Å². The second-order valence-electron chi connectivity index (χ2n) is 4.37. The highest BCUT2D eigenvalue weighted by molar-refractivity contribution is 5.31. The van der Waals surface area contributed by atoms with Crippen molar-refractivity contribution in [2.45, 2.75) is 18.7 Å². The summed E-state index contributed by atoms with van der Waals surface area (Å²) < 4.78 is 5.93. The van der Waals surface area contributed by atoms with Crippen molar-refractivity contribution in [3.8, 4) is 0 Å². The van der Waals surface area contributed by atoms with Gasteiger partial charge >= 0.3 is 0 Å². The first-order valence-corrected chi connectivity index (χ1v) is 5.81. The quantitative estimate of drug-likeness (QED) is 0.593. The maximum Gasteiger partial charge on any atom is 0.241 e. The first kappa shape index (κ1) is 9.33. The molecule has 1 fully saturated rings. The molecule has 0 unspecified atom stereocenters. The monoisotopic (exact) mass is 206 g/mol.